The van der Waals surface area contributed by atoms with Gasteiger partial charge in [0.25, 0.3) is 0 Å². The van der Waals surface area contributed by atoms with Gasteiger partial charge in [-0.25, -0.2) is 9.18 Å². The van der Waals surface area contributed by atoms with E-state index in [1.54, 1.807) is 31.2 Å². The normalized spacial score (nSPS) is 13.9. The lowest BCUT2D eigenvalue weighted by Gasteiger charge is -2.35. The lowest BCUT2D eigenvalue weighted by molar-refractivity contribution is 0.0727. The Morgan fingerprint density at radius 1 is 1.00 bits per heavy atom. The zero-order chi connectivity index (χ0) is 24.3. The Morgan fingerprint density at radius 2 is 1.65 bits per heavy atom. The zero-order valence-corrected chi connectivity index (χ0v) is 20.4. The van der Waals surface area contributed by atoms with Gasteiger partial charge in [-0.3, -0.25) is 4.90 Å². The van der Waals surface area contributed by atoms with E-state index in [0.29, 0.717) is 30.0 Å². The second kappa shape index (κ2) is 9.98. The molecule has 178 valence electrons. The van der Waals surface area contributed by atoms with E-state index in [1.165, 1.54) is 0 Å². The minimum atomic E-state index is -0.606. The molecule has 0 N–H and O–H groups in total. The number of carbonyl (C=O) groups excluding carboxylic acids is 1. The second-order valence-electron chi connectivity index (χ2n) is 10.1. The summed E-state index contributed by atoms with van der Waals surface area (Å²) < 4.78 is 27.6. The number of esters is 1. The topological polar surface area (TPSA) is 38.8 Å². The molecule has 0 saturated heterocycles. The Morgan fingerprint density at radius 3 is 2.29 bits per heavy atom. The molecule has 0 unspecified atom stereocenters. The Kier molecular flexibility index (Phi) is 7.03. The quantitative estimate of drug-likeness (QED) is 0.317. The van der Waals surface area contributed by atoms with E-state index in [2.05, 4.69) is 25.7 Å². The molecule has 0 saturated carbocycles. The van der Waals surface area contributed by atoms with Crippen LogP contribution in [0.5, 0.6) is 11.5 Å². The van der Waals surface area contributed by atoms with E-state index in [-0.39, 0.29) is 29.0 Å². The van der Waals surface area contributed by atoms with Gasteiger partial charge in [0.15, 0.2) is 0 Å². The highest BCUT2D eigenvalue weighted by atomic mass is 19.1. The van der Waals surface area contributed by atoms with Gasteiger partial charge in [0.2, 0.25) is 0 Å². The van der Waals surface area contributed by atoms with Crippen LogP contribution in [0.1, 0.15) is 53.4 Å². The van der Waals surface area contributed by atoms with E-state index in [4.69, 9.17) is 9.47 Å². The molecule has 4 nitrogen and oxygen atoms in total. The molecule has 1 heterocycles. The summed E-state index contributed by atoms with van der Waals surface area (Å²) in [7, 11) is 0. The standard InChI is InChI=1S/C29H32FNO3/c1-20-25(28(32)34-22-13-9-6-10-14-22)27(33-18-21-11-7-5-8-12-21)23-15-16-31(19-29(2,3)4)17-24(23)26(20)30/h5-14H,15-19H2,1-4H3. The smallest absolute Gasteiger partial charge is 0.347 e. The predicted octanol–water partition coefficient (Wildman–Crippen LogP) is 6.34. The van der Waals surface area contributed by atoms with Gasteiger partial charge in [0.1, 0.15) is 29.5 Å². The summed E-state index contributed by atoms with van der Waals surface area (Å²) in [5.41, 5.74) is 2.90. The van der Waals surface area contributed by atoms with Crippen molar-refractivity contribution in [1.29, 1.82) is 0 Å². The fourth-order valence-corrected chi connectivity index (χ4v) is 4.52. The van der Waals surface area contributed by atoms with Crippen molar-refractivity contribution in [2.75, 3.05) is 13.1 Å². The number of benzene rings is 3. The molecular formula is C29H32FNO3. The molecule has 5 heteroatoms. The summed E-state index contributed by atoms with van der Waals surface area (Å²) >= 11 is 0. The van der Waals surface area contributed by atoms with Gasteiger partial charge in [0.05, 0.1) is 0 Å². The van der Waals surface area contributed by atoms with Crippen molar-refractivity contribution >= 4 is 5.97 Å². The average Bonchev–Trinajstić information content (AvgIpc) is 2.80. The summed E-state index contributed by atoms with van der Waals surface area (Å²) in [5, 5.41) is 0. The number of halogens is 1. The minimum Gasteiger partial charge on any atom is -0.488 e. The summed E-state index contributed by atoms with van der Waals surface area (Å²) in [4.78, 5) is 15.5. The Balaban J connectivity index is 1.74. The molecule has 0 radical (unpaired) electrons. The number of para-hydroxylation sites is 1. The molecule has 1 aliphatic rings. The van der Waals surface area contributed by atoms with Gasteiger partial charge in [-0.1, -0.05) is 69.3 Å². The maximum atomic E-state index is 15.7. The Labute approximate surface area is 201 Å². The second-order valence-corrected chi connectivity index (χ2v) is 10.1. The number of ether oxygens (including phenoxy) is 2. The van der Waals surface area contributed by atoms with Crippen LogP contribution >= 0.6 is 0 Å². The molecule has 0 amide bonds. The molecule has 0 fully saturated rings. The number of carbonyl (C=O) groups is 1. The van der Waals surface area contributed by atoms with Crippen LogP contribution in [0.15, 0.2) is 60.7 Å². The van der Waals surface area contributed by atoms with E-state index in [1.807, 2.05) is 36.4 Å². The minimum absolute atomic E-state index is 0.106. The number of nitrogens with zero attached hydrogens (tertiary/aromatic N) is 1. The third kappa shape index (κ3) is 5.48. The van der Waals surface area contributed by atoms with Crippen LogP contribution in [0.4, 0.5) is 4.39 Å². The number of fused-ring (bicyclic) bond motifs is 1. The van der Waals surface area contributed by atoms with Gasteiger partial charge < -0.3 is 9.47 Å². The third-order valence-corrected chi connectivity index (χ3v) is 5.98. The van der Waals surface area contributed by atoms with Crippen LogP contribution < -0.4 is 9.47 Å². The average molecular weight is 462 g/mol. The van der Waals surface area contributed by atoms with E-state index in [9.17, 15) is 4.79 Å². The fourth-order valence-electron chi connectivity index (χ4n) is 4.52. The summed E-state index contributed by atoms with van der Waals surface area (Å²) in [6, 6.07) is 18.6. The SMILES string of the molecule is Cc1c(F)c2c(c(OCc3ccccc3)c1C(=O)Oc1ccccc1)CCN(CC(C)(C)C)C2. The molecule has 0 bridgehead atoms. The third-order valence-electron chi connectivity index (χ3n) is 5.98. The lowest BCUT2D eigenvalue weighted by atomic mass is 9.89. The van der Waals surface area contributed by atoms with Crippen LogP contribution in [-0.2, 0) is 19.6 Å². The number of rotatable bonds is 6. The van der Waals surface area contributed by atoms with Gasteiger partial charge in [-0.2, -0.15) is 0 Å². The molecular weight excluding hydrogens is 429 g/mol. The molecule has 0 aliphatic carbocycles. The van der Waals surface area contributed by atoms with E-state index < -0.39 is 5.97 Å². The monoisotopic (exact) mass is 461 g/mol. The highest BCUT2D eigenvalue weighted by Crippen LogP contribution is 2.38. The fraction of sp³-hybridized carbons (Fsp3) is 0.345. The highest BCUT2D eigenvalue weighted by Gasteiger charge is 2.32. The van der Waals surface area contributed by atoms with Crippen LogP contribution in [-0.4, -0.2) is 24.0 Å². The first-order valence-electron chi connectivity index (χ1n) is 11.7. The summed E-state index contributed by atoms with van der Waals surface area (Å²) in [5.74, 6) is -0.101. The van der Waals surface area contributed by atoms with E-state index >= 15 is 4.39 Å². The maximum absolute atomic E-state index is 15.7. The van der Waals surface area contributed by atoms with Crippen molar-refractivity contribution in [3.63, 3.8) is 0 Å². The van der Waals surface area contributed by atoms with Crippen LogP contribution in [0, 0.1) is 18.2 Å². The molecule has 3 aromatic rings. The van der Waals surface area contributed by atoms with Crippen molar-refractivity contribution in [2.45, 2.75) is 47.3 Å². The van der Waals surface area contributed by atoms with Gasteiger partial charge in [-0.05, 0) is 36.5 Å². The first-order chi connectivity index (χ1) is 16.2. The first-order valence-corrected chi connectivity index (χ1v) is 11.7. The summed E-state index contributed by atoms with van der Waals surface area (Å²) in [6.07, 6.45) is 0.609. The zero-order valence-electron chi connectivity index (χ0n) is 20.4. The van der Waals surface area contributed by atoms with Gasteiger partial charge in [-0.15, -0.1) is 0 Å². The van der Waals surface area contributed by atoms with Crippen molar-refractivity contribution in [2.24, 2.45) is 5.41 Å². The number of hydrogen-bond donors (Lipinski definition) is 0. The van der Waals surface area contributed by atoms with Crippen molar-refractivity contribution in [1.82, 2.24) is 4.90 Å². The molecule has 34 heavy (non-hydrogen) atoms. The molecule has 0 atom stereocenters. The Bertz CT molecular complexity index is 1150. The molecule has 4 rings (SSSR count). The van der Waals surface area contributed by atoms with Crippen LogP contribution in [0.2, 0.25) is 0 Å². The lowest BCUT2D eigenvalue weighted by Crippen LogP contribution is -2.38. The van der Waals surface area contributed by atoms with Gasteiger partial charge in [0, 0.05) is 36.3 Å². The predicted molar refractivity (Wildman–Crippen MR) is 132 cm³/mol. The van der Waals surface area contributed by atoms with E-state index in [0.717, 1.165) is 24.2 Å². The molecule has 0 spiro atoms. The maximum Gasteiger partial charge on any atom is 0.347 e. The van der Waals surface area contributed by atoms with Crippen LogP contribution in [0.25, 0.3) is 0 Å². The van der Waals surface area contributed by atoms with Gasteiger partial charge >= 0.3 is 5.97 Å². The van der Waals surface area contributed by atoms with Crippen molar-refractivity contribution in [3.05, 3.63) is 94.3 Å². The van der Waals surface area contributed by atoms with Crippen molar-refractivity contribution in [3.8, 4) is 11.5 Å². The summed E-state index contributed by atoms with van der Waals surface area (Å²) in [6.45, 7) is 10.6. The molecule has 1 aliphatic heterocycles. The highest BCUT2D eigenvalue weighted by molar-refractivity contribution is 5.96. The first kappa shape index (κ1) is 24.0. The van der Waals surface area contributed by atoms with Crippen molar-refractivity contribution < 1.29 is 18.7 Å². The van der Waals surface area contributed by atoms with Crippen LogP contribution in [0.3, 0.4) is 0 Å². The number of hydrogen-bond acceptors (Lipinski definition) is 4. The largest absolute Gasteiger partial charge is 0.488 e. The molecule has 3 aromatic carbocycles. The molecule has 0 aromatic heterocycles. The Hall–Kier alpha value is -3.18.